The van der Waals surface area contributed by atoms with Gasteiger partial charge in [-0.15, -0.1) is 0 Å². The van der Waals surface area contributed by atoms with Crippen LogP contribution in [-0.4, -0.2) is 44.6 Å². The van der Waals surface area contributed by atoms with E-state index in [9.17, 15) is 0 Å². The Kier molecular flexibility index (Phi) is 2.89. The highest BCUT2D eigenvalue weighted by atomic mass is 15.2. The van der Waals surface area contributed by atoms with E-state index in [2.05, 4.69) is 38.5 Å². The van der Waals surface area contributed by atoms with Gasteiger partial charge in [-0.05, 0) is 51.6 Å². The number of nitrogen functional groups attached to an aromatic ring is 1. The van der Waals surface area contributed by atoms with Crippen molar-refractivity contribution in [3.63, 3.8) is 0 Å². The first kappa shape index (κ1) is 13.0. The molecule has 0 unspecified atom stereocenters. The molecule has 2 heterocycles. The molecule has 6 nitrogen and oxygen atoms in total. The lowest BCUT2D eigenvalue weighted by atomic mass is 9.95. The molecule has 4 atom stereocenters. The quantitative estimate of drug-likeness (QED) is 0.909. The van der Waals surface area contributed by atoms with Crippen LogP contribution in [-0.2, 0) is 0 Å². The second-order valence-electron chi connectivity index (χ2n) is 6.66. The van der Waals surface area contributed by atoms with Crippen LogP contribution in [0.1, 0.15) is 31.7 Å². The van der Waals surface area contributed by atoms with Gasteiger partial charge < -0.3 is 15.2 Å². The van der Waals surface area contributed by atoms with Crippen molar-refractivity contribution in [2.24, 2.45) is 11.8 Å². The van der Waals surface area contributed by atoms with Gasteiger partial charge in [-0.3, -0.25) is 0 Å². The molecule has 0 amide bonds. The van der Waals surface area contributed by atoms with Gasteiger partial charge in [0, 0.05) is 12.1 Å². The fourth-order valence-electron chi connectivity index (χ4n) is 4.64. The van der Waals surface area contributed by atoms with E-state index >= 15 is 0 Å². The van der Waals surface area contributed by atoms with E-state index in [-0.39, 0.29) is 0 Å². The number of aromatic nitrogens is 4. The predicted molar refractivity (Wildman–Crippen MR) is 81.7 cm³/mol. The molecule has 0 aromatic carbocycles. The normalized spacial score (nSPS) is 32.1. The summed E-state index contributed by atoms with van der Waals surface area (Å²) >= 11 is 0. The Labute approximate surface area is 124 Å². The number of nitrogens with zero attached hydrogens (tertiary/aromatic N) is 5. The first-order chi connectivity index (χ1) is 10.2. The summed E-state index contributed by atoms with van der Waals surface area (Å²) in [7, 11) is 4.42. The lowest BCUT2D eigenvalue weighted by molar-refractivity contribution is 0.220. The standard InChI is InChI=1S/C15H22N6/c1-20(2)11-5-3-10-9(11)4-6-12(10)21-8-19-13-14(16)17-7-18-15(13)21/h7-12H,3-6H2,1-2H3,(H2,16,17,18)/t9-,10-,11-,12-/m0/s1. The Morgan fingerprint density at radius 1 is 1.10 bits per heavy atom. The number of imidazole rings is 1. The molecule has 0 saturated heterocycles. The SMILES string of the molecule is CN(C)[C@H]1CC[C@H]2[C@@H]1CC[C@@H]2n1cnc2c(N)ncnc21. The monoisotopic (exact) mass is 286 g/mol. The maximum Gasteiger partial charge on any atom is 0.165 e. The van der Waals surface area contributed by atoms with Crippen LogP contribution < -0.4 is 5.73 Å². The number of anilines is 1. The molecule has 2 N–H and O–H groups in total. The summed E-state index contributed by atoms with van der Waals surface area (Å²) in [6, 6.07) is 1.24. The fourth-order valence-corrected chi connectivity index (χ4v) is 4.64. The highest BCUT2D eigenvalue weighted by Gasteiger charge is 2.46. The van der Waals surface area contributed by atoms with E-state index in [1.165, 1.54) is 25.7 Å². The molecule has 0 bridgehead atoms. The van der Waals surface area contributed by atoms with Crippen molar-refractivity contribution in [3.05, 3.63) is 12.7 Å². The third-order valence-electron chi connectivity index (χ3n) is 5.54. The topological polar surface area (TPSA) is 72.9 Å². The summed E-state index contributed by atoms with van der Waals surface area (Å²) in [4.78, 5) is 15.3. The molecule has 6 heteroatoms. The molecule has 2 saturated carbocycles. The third-order valence-corrected chi connectivity index (χ3v) is 5.54. The van der Waals surface area contributed by atoms with Crippen LogP contribution in [0.15, 0.2) is 12.7 Å². The van der Waals surface area contributed by atoms with Gasteiger partial charge in [0.1, 0.15) is 11.8 Å². The first-order valence-corrected chi connectivity index (χ1v) is 7.76. The lowest BCUT2D eigenvalue weighted by Gasteiger charge is -2.26. The van der Waals surface area contributed by atoms with E-state index < -0.39 is 0 Å². The van der Waals surface area contributed by atoms with Gasteiger partial charge in [-0.1, -0.05) is 0 Å². The first-order valence-electron chi connectivity index (χ1n) is 7.76. The highest BCUT2D eigenvalue weighted by Crippen LogP contribution is 2.51. The summed E-state index contributed by atoms with van der Waals surface area (Å²) in [5.74, 6) is 2.03. The number of hydrogen-bond donors (Lipinski definition) is 1. The third kappa shape index (κ3) is 1.85. The van der Waals surface area contributed by atoms with Crippen LogP contribution in [0, 0.1) is 11.8 Å². The zero-order chi connectivity index (χ0) is 14.6. The Balaban J connectivity index is 1.70. The zero-order valence-electron chi connectivity index (χ0n) is 12.6. The average Bonchev–Trinajstić information content (AvgIpc) is 3.11. The summed E-state index contributed by atoms with van der Waals surface area (Å²) in [6.07, 6.45) is 8.58. The van der Waals surface area contributed by atoms with Gasteiger partial charge in [0.25, 0.3) is 0 Å². The number of hydrogen-bond acceptors (Lipinski definition) is 5. The maximum absolute atomic E-state index is 5.90. The molecule has 2 aliphatic rings. The molecule has 112 valence electrons. The average molecular weight is 286 g/mol. The molecule has 4 rings (SSSR count). The van der Waals surface area contributed by atoms with E-state index in [0.717, 1.165) is 29.0 Å². The number of rotatable bonds is 2. The summed E-state index contributed by atoms with van der Waals surface area (Å²) in [5.41, 5.74) is 7.53. The summed E-state index contributed by atoms with van der Waals surface area (Å²) in [6.45, 7) is 0. The van der Waals surface area contributed by atoms with Gasteiger partial charge in [0.2, 0.25) is 0 Å². The maximum atomic E-state index is 5.90. The minimum atomic E-state index is 0.478. The van der Waals surface area contributed by atoms with Crippen LogP contribution in [0.4, 0.5) is 5.82 Å². The second-order valence-corrected chi connectivity index (χ2v) is 6.66. The van der Waals surface area contributed by atoms with Crippen molar-refractivity contribution in [1.29, 1.82) is 0 Å². The van der Waals surface area contributed by atoms with E-state index in [1.807, 2.05) is 6.33 Å². The molecule has 2 aliphatic carbocycles. The zero-order valence-corrected chi connectivity index (χ0v) is 12.6. The van der Waals surface area contributed by atoms with Crippen LogP contribution in [0.5, 0.6) is 0 Å². The summed E-state index contributed by atoms with van der Waals surface area (Å²) in [5, 5.41) is 0. The minimum absolute atomic E-state index is 0.478. The van der Waals surface area contributed by atoms with Crippen LogP contribution in [0.25, 0.3) is 11.2 Å². The van der Waals surface area contributed by atoms with Crippen molar-refractivity contribution in [2.45, 2.75) is 37.8 Å². The molecular formula is C15H22N6. The molecule has 0 aliphatic heterocycles. The Morgan fingerprint density at radius 3 is 2.71 bits per heavy atom. The highest BCUT2D eigenvalue weighted by molar-refractivity contribution is 5.81. The molecular weight excluding hydrogens is 264 g/mol. The predicted octanol–water partition coefficient (Wildman–Crippen LogP) is 1.70. The number of nitrogens with two attached hydrogens (primary N) is 1. The molecule has 2 aromatic heterocycles. The van der Waals surface area contributed by atoms with E-state index in [4.69, 9.17) is 5.73 Å². The Morgan fingerprint density at radius 2 is 1.90 bits per heavy atom. The van der Waals surface area contributed by atoms with Gasteiger partial charge >= 0.3 is 0 Å². The lowest BCUT2D eigenvalue weighted by Crippen LogP contribution is -2.32. The van der Waals surface area contributed by atoms with Crippen LogP contribution in [0.2, 0.25) is 0 Å². The molecule has 2 fully saturated rings. The minimum Gasteiger partial charge on any atom is -0.382 e. The smallest absolute Gasteiger partial charge is 0.165 e. The van der Waals surface area contributed by atoms with Crippen molar-refractivity contribution >= 4 is 17.0 Å². The molecule has 0 spiro atoms. The Bertz CT molecular complexity index is 663. The fraction of sp³-hybridized carbons (Fsp3) is 0.667. The van der Waals surface area contributed by atoms with Gasteiger partial charge in [0.05, 0.1) is 6.33 Å². The van der Waals surface area contributed by atoms with Crippen LogP contribution >= 0.6 is 0 Å². The molecule has 21 heavy (non-hydrogen) atoms. The molecule has 0 radical (unpaired) electrons. The van der Waals surface area contributed by atoms with Crippen molar-refractivity contribution in [1.82, 2.24) is 24.4 Å². The van der Waals surface area contributed by atoms with E-state index in [1.54, 1.807) is 6.33 Å². The van der Waals surface area contributed by atoms with Crippen molar-refractivity contribution in [2.75, 3.05) is 19.8 Å². The summed E-state index contributed by atoms with van der Waals surface area (Å²) < 4.78 is 2.25. The van der Waals surface area contributed by atoms with Crippen molar-refractivity contribution < 1.29 is 0 Å². The van der Waals surface area contributed by atoms with Crippen molar-refractivity contribution in [3.8, 4) is 0 Å². The Hall–Kier alpha value is -1.69. The molecule has 2 aromatic rings. The van der Waals surface area contributed by atoms with Crippen LogP contribution in [0.3, 0.4) is 0 Å². The number of fused-ring (bicyclic) bond motifs is 2. The van der Waals surface area contributed by atoms with Gasteiger partial charge in [-0.2, -0.15) is 0 Å². The van der Waals surface area contributed by atoms with Gasteiger partial charge in [0.15, 0.2) is 11.5 Å². The van der Waals surface area contributed by atoms with E-state index in [0.29, 0.717) is 11.9 Å². The van der Waals surface area contributed by atoms with Gasteiger partial charge in [-0.25, -0.2) is 15.0 Å². The second kappa shape index (κ2) is 4.66. The largest absolute Gasteiger partial charge is 0.382 e.